The number of esters is 3. The van der Waals surface area contributed by atoms with E-state index in [1.54, 1.807) is 0 Å². The molecule has 368 valence electrons. The van der Waals surface area contributed by atoms with Crippen molar-refractivity contribution in [2.45, 2.75) is 297 Å². The summed E-state index contributed by atoms with van der Waals surface area (Å²) in [5.74, 6) is -0.877. The molecule has 0 amide bonds. The monoisotopic (exact) mass is 885 g/mol. The minimum Gasteiger partial charge on any atom is -0.462 e. The molecule has 0 rings (SSSR count). The maximum Gasteiger partial charge on any atom is 0.306 e. The number of unbranched alkanes of at least 4 members (excludes halogenated alkanes) is 33. The third-order valence-corrected chi connectivity index (χ3v) is 12.2. The van der Waals surface area contributed by atoms with Gasteiger partial charge in [0, 0.05) is 19.3 Å². The minimum absolute atomic E-state index is 0.0748. The summed E-state index contributed by atoms with van der Waals surface area (Å²) >= 11 is 0. The molecule has 0 N–H and O–H groups in total. The third-order valence-electron chi connectivity index (χ3n) is 12.2. The van der Waals surface area contributed by atoms with Gasteiger partial charge in [-0.1, -0.05) is 256 Å². The van der Waals surface area contributed by atoms with E-state index in [1.165, 1.54) is 154 Å². The molecule has 0 aromatic rings. The van der Waals surface area contributed by atoms with Crippen LogP contribution in [0.15, 0.2) is 36.5 Å². The number of carbonyl (C=O) groups is 3. The van der Waals surface area contributed by atoms with Gasteiger partial charge in [-0.2, -0.15) is 0 Å². The predicted octanol–water partition coefficient (Wildman–Crippen LogP) is 18.1. The van der Waals surface area contributed by atoms with E-state index >= 15 is 0 Å². The Morgan fingerprint density at radius 1 is 0.333 bits per heavy atom. The van der Waals surface area contributed by atoms with Crippen molar-refractivity contribution >= 4 is 17.9 Å². The van der Waals surface area contributed by atoms with Crippen molar-refractivity contribution < 1.29 is 28.6 Å². The SMILES string of the molecule is CC/C=C\C/C=C\C/C=C\CCCCCCCC(=O)O[C@@H](COC(=O)CCCCCCCCCCCCC)COC(=O)CCCCCCCCCCCCCCCCCCCCC. The molecule has 0 aliphatic heterocycles. The summed E-state index contributed by atoms with van der Waals surface area (Å²) in [5.41, 5.74) is 0. The van der Waals surface area contributed by atoms with E-state index in [0.29, 0.717) is 19.3 Å². The van der Waals surface area contributed by atoms with E-state index in [4.69, 9.17) is 14.2 Å². The summed E-state index contributed by atoms with van der Waals surface area (Å²) in [7, 11) is 0. The van der Waals surface area contributed by atoms with Crippen molar-refractivity contribution in [3.8, 4) is 0 Å². The summed E-state index contributed by atoms with van der Waals surface area (Å²) in [6, 6.07) is 0. The highest BCUT2D eigenvalue weighted by molar-refractivity contribution is 5.71. The number of rotatable bonds is 50. The number of ether oxygens (including phenoxy) is 3. The Morgan fingerprint density at radius 2 is 0.619 bits per heavy atom. The van der Waals surface area contributed by atoms with Crippen LogP contribution in [0.2, 0.25) is 0 Å². The van der Waals surface area contributed by atoms with Gasteiger partial charge in [0.1, 0.15) is 13.2 Å². The fourth-order valence-electron chi connectivity index (χ4n) is 8.05. The molecule has 0 fully saturated rings. The van der Waals surface area contributed by atoms with Crippen LogP contribution in [0.25, 0.3) is 0 Å². The lowest BCUT2D eigenvalue weighted by atomic mass is 10.0. The molecule has 6 nitrogen and oxygen atoms in total. The van der Waals surface area contributed by atoms with Gasteiger partial charge in [-0.15, -0.1) is 0 Å². The second kappa shape index (κ2) is 52.3. The van der Waals surface area contributed by atoms with Gasteiger partial charge in [-0.25, -0.2) is 0 Å². The highest BCUT2D eigenvalue weighted by atomic mass is 16.6. The lowest BCUT2D eigenvalue weighted by molar-refractivity contribution is -0.167. The summed E-state index contributed by atoms with van der Waals surface area (Å²) < 4.78 is 16.8. The van der Waals surface area contributed by atoms with Gasteiger partial charge in [0.2, 0.25) is 0 Å². The van der Waals surface area contributed by atoms with Crippen molar-refractivity contribution in [2.24, 2.45) is 0 Å². The molecule has 0 heterocycles. The normalized spacial score (nSPS) is 12.2. The van der Waals surface area contributed by atoms with E-state index in [0.717, 1.165) is 96.3 Å². The molecule has 0 spiro atoms. The number of carbonyl (C=O) groups excluding carboxylic acids is 3. The van der Waals surface area contributed by atoms with Crippen LogP contribution in [0.5, 0.6) is 0 Å². The second-order valence-corrected chi connectivity index (χ2v) is 18.5. The molecule has 6 heteroatoms. The van der Waals surface area contributed by atoms with Gasteiger partial charge in [0.05, 0.1) is 0 Å². The van der Waals surface area contributed by atoms with Crippen LogP contribution in [-0.2, 0) is 28.6 Å². The molecule has 63 heavy (non-hydrogen) atoms. The average Bonchev–Trinajstić information content (AvgIpc) is 3.28. The summed E-state index contributed by atoms with van der Waals surface area (Å²) in [4.78, 5) is 38.0. The quantitative estimate of drug-likeness (QED) is 0.0262. The van der Waals surface area contributed by atoms with Gasteiger partial charge in [-0.05, 0) is 51.4 Å². The van der Waals surface area contributed by atoms with Crippen LogP contribution in [0, 0.1) is 0 Å². The van der Waals surface area contributed by atoms with Crippen molar-refractivity contribution in [3.05, 3.63) is 36.5 Å². The Balaban J connectivity index is 4.30. The lowest BCUT2D eigenvalue weighted by Crippen LogP contribution is -2.30. The zero-order valence-corrected chi connectivity index (χ0v) is 42.1. The van der Waals surface area contributed by atoms with Crippen LogP contribution < -0.4 is 0 Å². The topological polar surface area (TPSA) is 78.9 Å². The van der Waals surface area contributed by atoms with Crippen LogP contribution in [0.4, 0.5) is 0 Å². The summed E-state index contributed by atoms with van der Waals surface area (Å²) in [6.45, 7) is 6.54. The lowest BCUT2D eigenvalue weighted by Gasteiger charge is -2.18. The van der Waals surface area contributed by atoms with Crippen molar-refractivity contribution in [2.75, 3.05) is 13.2 Å². The minimum atomic E-state index is -0.776. The van der Waals surface area contributed by atoms with Crippen LogP contribution in [0.3, 0.4) is 0 Å². The van der Waals surface area contributed by atoms with Gasteiger partial charge < -0.3 is 14.2 Å². The molecule has 0 bridgehead atoms. The maximum absolute atomic E-state index is 12.8. The molecule has 0 aliphatic carbocycles. The average molecular weight is 885 g/mol. The molecule has 0 saturated heterocycles. The van der Waals surface area contributed by atoms with E-state index < -0.39 is 6.10 Å². The number of hydrogen-bond acceptors (Lipinski definition) is 6. The standard InChI is InChI=1S/C57H104O6/c1-4-7-10-13-16-19-22-24-26-27-28-29-31-32-35-38-41-44-47-50-56(59)62-53-54(52-61-55(58)49-46-43-40-37-34-21-18-15-12-9-6-3)63-57(60)51-48-45-42-39-36-33-30-25-23-20-17-14-11-8-5-2/h8,11,17,20,25,30,54H,4-7,9-10,12-16,18-19,21-24,26-29,31-53H2,1-3H3/b11-8-,20-17-,30-25-/t54-/m0/s1. The Hall–Kier alpha value is -2.37. The zero-order valence-electron chi connectivity index (χ0n) is 42.1. The molecule has 0 unspecified atom stereocenters. The second-order valence-electron chi connectivity index (χ2n) is 18.5. The Kier molecular flexibility index (Phi) is 50.3. The molecular formula is C57H104O6. The van der Waals surface area contributed by atoms with Crippen LogP contribution in [0.1, 0.15) is 290 Å². The van der Waals surface area contributed by atoms with E-state index in [2.05, 4.69) is 57.2 Å². The molecule has 1 atom stereocenters. The largest absolute Gasteiger partial charge is 0.462 e. The summed E-state index contributed by atoms with van der Waals surface area (Å²) in [6.07, 6.45) is 61.3. The van der Waals surface area contributed by atoms with E-state index in [1.807, 2.05) is 0 Å². The molecular weight excluding hydrogens is 781 g/mol. The summed E-state index contributed by atoms with van der Waals surface area (Å²) in [5, 5.41) is 0. The van der Waals surface area contributed by atoms with Crippen LogP contribution in [-0.4, -0.2) is 37.2 Å². The van der Waals surface area contributed by atoms with Gasteiger partial charge in [0.25, 0.3) is 0 Å². The molecule has 0 aliphatic rings. The predicted molar refractivity (Wildman–Crippen MR) is 270 cm³/mol. The molecule has 0 radical (unpaired) electrons. The first-order chi connectivity index (χ1) is 31.0. The van der Waals surface area contributed by atoms with E-state index in [9.17, 15) is 14.4 Å². The maximum atomic E-state index is 12.8. The first-order valence-corrected chi connectivity index (χ1v) is 27.5. The van der Waals surface area contributed by atoms with Gasteiger partial charge >= 0.3 is 17.9 Å². The molecule has 0 aromatic carbocycles. The van der Waals surface area contributed by atoms with Crippen molar-refractivity contribution in [1.82, 2.24) is 0 Å². The third kappa shape index (κ3) is 50.5. The van der Waals surface area contributed by atoms with Crippen molar-refractivity contribution in [3.63, 3.8) is 0 Å². The van der Waals surface area contributed by atoms with Gasteiger partial charge in [-0.3, -0.25) is 14.4 Å². The fraction of sp³-hybridized carbons (Fsp3) is 0.842. The highest BCUT2D eigenvalue weighted by Gasteiger charge is 2.19. The Labute approximate surface area is 391 Å². The van der Waals surface area contributed by atoms with Gasteiger partial charge in [0.15, 0.2) is 6.10 Å². The smallest absolute Gasteiger partial charge is 0.306 e. The first kappa shape index (κ1) is 60.6. The van der Waals surface area contributed by atoms with Crippen LogP contribution >= 0.6 is 0 Å². The highest BCUT2D eigenvalue weighted by Crippen LogP contribution is 2.17. The number of allylic oxidation sites excluding steroid dienone is 6. The van der Waals surface area contributed by atoms with E-state index in [-0.39, 0.29) is 31.1 Å². The first-order valence-electron chi connectivity index (χ1n) is 27.5. The Morgan fingerprint density at radius 3 is 0.968 bits per heavy atom. The van der Waals surface area contributed by atoms with Crippen molar-refractivity contribution in [1.29, 1.82) is 0 Å². The fourth-order valence-corrected chi connectivity index (χ4v) is 8.05. The molecule has 0 aromatic heterocycles. The number of hydrogen-bond donors (Lipinski definition) is 0. The molecule has 0 saturated carbocycles. The zero-order chi connectivity index (χ0) is 45.8. The Bertz CT molecular complexity index is 1060.